The van der Waals surface area contributed by atoms with Crippen molar-refractivity contribution in [3.63, 3.8) is 0 Å². The Labute approximate surface area is 120 Å². The van der Waals surface area contributed by atoms with Gasteiger partial charge in [-0.1, -0.05) is 17.2 Å². The average Bonchev–Trinajstić information content (AvgIpc) is 2.98. The molecule has 0 saturated carbocycles. The molecule has 0 fully saturated rings. The van der Waals surface area contributed by atoms with E-state index in [0.717, 1.165) is 10.6 Å². The van der Waals surface area contributed by atoms with Crippen LogP contribution in [0.25, 0.3) is 21.0 Å². The van der Waals surface area contributed by atoms with E-state index in [9.17, 15) is 8.42 Å². The maximum absolute atomic E-state index is 12.0. The number of benzene rings is 1. The summed E-state index contributed by atoms with van der Waals surface area (Å²) in [4.78, 5) is 7.04. The van der Waals surface area contributed by atoms with Gasteiger partial charge >= 0.3 is 0 Å². The minimum Gasteiger partial charge on any atom is -0.245 e. The van der Waals surface area contributed by atoms with Crippen molar-refractivity contribution in [3.05, 3.63) is 46.3 Å². The maximum Gasteiger partial charge on any atom is 0.178 e. The molecular formula is C12H12N4O2S2. The van der Waals surface area contributed by atoms with Gasteiger partial charge in [-0.2, -0.15) is 0 Å². The fraction of sp³-hybridized carbons (Fsp3) is 0.250. The molecule has 0 atom stereocenters. The maximum atomic E-state index is 12.0. The van der Waals surface area contributed by atoms with Gasteiger partial charge in [-0.05, 0) is 24.1 Å². The van der Waals surface area contributed by atoms with Gasteiger partial charge in [0, 0.05) is 28.6 Å². The van der Waals surface area contributed by atoms with Crippen molar-refractivity contribution in [1.29, 1.82) is 0 Å². The standard InChI is InChI=1S/C12H12N4O2S2/c13-16-15-6-1-9-20(17,18)11-4-2-10(3-5-11)12-14-7-8-19-12/h2-5,7-8H,1,6,9H2. The van der Waals surface area contributed by atoms with Crippen LogP contribution in [0.1, 0.15) is 6.42 Å². The fourth-order valence-electron chi connectivity index (χ4n) is 1.66. The molecule has 0 aliphatic carbocycles. The summed E-state index contributed by atoms with van der Waals surface area (Å²) in [7, 11) is -3.33. The minimum atomic E-state index is -3.33. The average molecular weight is 308 g/mol. The predicted octanol–water partition coefficient (Wildman–Crippen LogP) is 3.28. The number of aromatic nitrogens is 1. The topological polar surface area (TPSA) is 95.8 Å². The normalized spacial score (nSPS) is 11.0. The van der Waals surface area contributed by atoms with Crippen molar-refractivity contribution in [2.75, 3.05) is 12.3 Å². The van der Waals surface area contributed by atoms with Crippen LogP contribution in [-0.4, -0.2) is 25.7 Å². The highest BCUT2D eigenvalue weighted by Crippen LogP contribution is 2.23. The second kappa shape index (κ2) is 6.51. The molecule has 104 valence electrons. The van der Waals surface area contributed by atoms with Gasteiger partial charge in [0.05, 0.1) is 10.6 Å². The summed E-state index contributed by atoms with van der Waals surface area (Å²) in [6.07, 6.45) is 2.03. The summed E-state index contributed by atoms with van der Waals surface area (Å²) in [5.41, 5.74) is 9.03. The van der Waals surface area contributed by atoms with Crippen molar-refractivity contribution in [2.24, 2.45) is 5.11 Å². The van der Waals surface area contributed by atoms with Crippen LogP contribution in [0.4, 0.5) is 0 Å². The number of hydrogen-bond acceptors (Lipinski definition) is 5. The third-order valence-electron chi connectivity index (χ3n) is 2.63. The van der Waals surface area contributed by atoms with Gasteiger partial charge in [0.2, 0.25) is 0 Å². The Bertz CT molecular complexity index is 702. The third kappa shape index (κ3) is 3.57. The van der Waals surface area contributed by atoms with E-state index in [-0.39, 0.29) is 17.2 Å². The minimum absolute atomic E-state index is 0.0252. The molecule has 0 unspecified atom stereocenters. The number of hydrogen-bond donors (Lipinski definition) is 0. The Morgan fingerprint density at radius 1 is 1.30 bits per heavy atom. The lowest BCUT2D eigenvalue weighted by atomic mass is 10.2. The van der Waals surface area contributed by atoms with Crippen molar-refractivity contribution in [3.8, 4) is 10.6 Å². The van der Waals surface area contributed by atoms with Crippen LogP contribution in [0.15, 0.2) is 45.9 Å². The lowest BCUT2D eigenvalue weighted by molar-refractivity contribution is 0.593. The van der Waals surface area contributed by atoms with E-state index >= 15 is 0 Å². The van der Waals surface area contributed by atoms with Gasteiger partial charge in [-0.25, -0.2) is 13.4 Å². The Hall–Kier alpha value is -1.89. The highest BCUT2D eigenvalue weighted by molar-refractivity contribution is 7.91. The second-order valence-electron chi connectivity index (χ2n) is 3.99. The lowest BCUT2D eigenvalue weighted by Crippen LogP contribution is -2.07. The van der Waals surface area contributed by atoms with Gasteiger partial charge < -0.3 is 0 Å². The quantitative estimate of drug-likeness (QED) is 0.354. The summed E-state index contributed by atoms with van der Waals surface area (Å²) in [6, 6.07) is 6.66. The van der Waals surface area contributed by atoms with E-state index in [2.05, 4.69) is 15.0 Å². The molecule has 0 spiro atoms. The molecular weight excluding hydrogens is 296 g/mol. The molecule has 0 amide bonds. The molecule has 0 bridgehead atoms. The molecule has 0 aliphatic rings. The molecule has 0 saturated heterocycles. The monoisotopic (exact) mass is 308 g/mol. The van der Waals surface area contributed by atoms with Crippen molar-refractivity contribution >= 4 is 21.2 Å². The molecule has 2 aromatic rings. The molecule has 1 heterocycles. The zero-order valence-electron chi connectivity index (χ0n) is 10.5. The second-order valence-corrected chi connectivity index (χ2v) is 6.99. The van der Waals surface area contributed by atoms with Crippen LogP contribution in [0.2, 0.25) is 0 Å². The SMILES string of the molecule is [N-]=[N+]=NCCCS(=O)(=O)c1ccc(-c2nccs2)cc1. The van der Waals surface area contributed by atoms with Crippen LogP contribution in [-0.2, 0) is 9.84 Å². The molecule has 1 aromatic carbocycles. The van der Waals surface area contributed by atoms with E-state index in [1.54, 1.807) is 30.5 Å². The number of sulfone groups is 1. The first kappa shape index (κ1) is 14.5. The van der Waals surface area contributed by atoms with Crippen LogP contribution >= 0.6 is 11.3 Å². The fourth-order valence-corrected chi connectivity index (χ4v) is 3.60. The summed E-state index contributed by atoms with van der Waals surface area (Å²) >= 11 is 1.50. The Balaban J connectivity index is 2.10. The summed E-state index contributed by atoms with van der Waals surface area (Å²) in [5, 5.41) is 6.05. The van der Waals surface area contributed by atoms with Gasteiger partial charge in [0.15, 0.2) is 9.84 Å². The zero-order valence-corrected chi connectivity index (χ0v) is 12.1. The molecule has 8 heteroatoms. The van der Waals surface area contributed by atoms with Crippen LogP contribution in [0, 0.1) is 0 Å². The molecule has 6 nitrogen and oxygen atoms in total. The predicted molar refractivity (Wildman–Crippen MR) is 78.2 cm³/mol. The summed E-state index contributed by atoms with van der Waals surface area (Å²) in [5.74, 6) is -0.0252. The molecule has 0 radical (unpaired) electrons. The molecule has 0 aliphatic heterocycles. The first-order valence-corrected chi connectivity index (χ1v) is 8.40. The van der Waals surface area contributed by atoms with Crippen LogP contribution in [0.5, 0.6) is 0 Å². The molecule has 20 heavy (non-hydrogen) atoms. The van der Waals surface area contributed by atoms with Gasteiger partial charge in [-0.3, -0.25) is 0 Å². The van der Waals surface area contributed by atoms with E-state index in [1.165, 1.54) is 11.3 Å². The third-order valence-corrected chi connectivity index (χ3v) is 5.27. The zero-order chi connectivity index (χ0) is 14.4. The number of rotatable bonds is 6. The van der Waals surface area contributed by atoms with E-state index in [0.29, 0.717) is 6.42 Å². The number of azide groups is 1. The van der Waals surface area contributed by atoms with Crippen LogP contribution in [0.3, 0.4) is 0 Å². The Kier molecular flexibility index (Phi) is 4.73. The first-order valence-electron chi connectivity index (χ1n) is 5.87. The lowest BCUT2D eigenvalue weighted by Gasteiger charge is -2.04. The first-order chi connectivity index (χ1) is 9.63. The summed E-state index contributed by atoms with van der Waals surface area (Å²) < 4.78 is 24.1. The van der Waals surface area contributed by atoms with Gasteiger partial charge in [-0.15, -0.1) is 11.3 Å². The highest BCUT2D eigenvalue weighted by Gasteiger charge is 2.14. The molecule has 1 aromatic heterocycles. The van der Waals surface area contributed by atoms with Crippen molar-refractivity contribution in [1.82, 2.24) is 4.98 Å². The van der Waals surface area contributed by atoms with Crippen molar-refractivity contribution < 1.29 is 8.42 Å². The highest BCUT2D eigenvalue weighted by atomic mass is 32.2. The van der Waals surface area contributed by atoms with Crippen molar-refractivity contribution in [2.45, 2.75) is 11.3 Å². The van der Waals surface area contributed by atoms with E-state index in [1.807, 2.05) is 5.38 Å². The van der Waals surface area contributed by atoms with E-state index in [4.69, 9.17) is 5.53 Å². The van der Waals surface area contributed by atoms with E-state index < -0.39 is 9.84 Å². The smallest absolute Gasteiger partial charge is 0.178 e. The Morgan fingerprint density at radius 3 is 2.65 bits per heavy atom. The molecule has 0 N–H and O–H groups in total. The molecule has 2 rings (SSSR count). The number of thiazole rings is 1. The summed E-state index contributed by atoms with van der Waals surface area (Å²) in [6.45, 7) is 0.187. The Morgan fingerprint density at radius 2 is 2.05 bits per heavy atom. The number of nitrogens with zero attached hydrogens (tertiary/aromatic N) is 4. The van der Waals surface area contributed by atoms with Crippen LogP contribution < -0.4 is 0 Å². The largest absolute Gasteiger partial charge is 0.245 e. The van der Waals surface area contributed by atoms with Gasteiger partial charge in [0.1, 0.15) is 5.01 Å². The van der Waals surface area contributed by atoms with Gasteiger partial charge in [0.25, 0.3) is 0 Å².